The predicted octanol–water partition coefficient (Wildman–Crippen LogP) is 1.09. The van der Waals surface area contributed by atoms with Crippen molar-refractivity contribution in [2.45, 2.75) is 95.9 Å². The molecule has 14 nitrogen and oxygen atoms in total. The van der Waals surface area contributed by atoms with Crippen LogP contribution < -0.4 is 10.6 Å². The summed E-state index contributed by atoms with van der Waals surface area (Å²) in [4.78, 5) is 87.8. The Morgan fingerprint density at radius 3 is 1.57 bits per heavy atom. The average Bonchev–Trinajstić information content (AvgIpc) is 3.73. The Morgan fingerprint density at radius 1 is 0.727 bits per heavy atom. The first-order valence-electron chi connectivity index (χ1n) is 15.0. The summed E-state index contributed by atoms with van der Waals surface area (Å²) >= 11 is 0. The number of ketones is 2. The molecule has 242 valence electrons. The Bertz CT molecular complexity index is 1320. The summed E-state index contributed by atoms with van der Waals surface area (Å²) in [6.07, 6.45) is 2.04. The Kier molecular flexibility index (Phi) is 7.13. The van der Waals surface area contributed by atoms with Gasteiger partial charge in [0.05, 0.1) is 35.4 Å². The lowest BCUT2D eigenvalue weighted by Gasteiger charge is -2.56. The molecule has 4 heterocycles. The third-order valence-electron chi connectivity index (χ3n) is 9.51. The lowest BCUT2D eigenvalue weighted by molar-refractivity contribution is -0.169. The number of amides is 4. The van der Waals surface area contributed by atoms with Crippen molar-refractivity contribution in [2.24, 2.45) is 16.7 Å². The number of carbonyl (C=O) groups is 7. The lowest BCUT2D eigenvalue weighted by Crippen LogP contribution is -2.77. The molecule has 2 saturated carbocycles. The monoisotopic (exact) mass is 618 g/mol. The number of nitrogens with one attached hydrogen (secondary N) is 2. The number of rotatable bonds is 1. The standard InChI is InChI=1S/C16H22N2O6.C14H20N2O4/c1-14(2,3)24-13(22)18-7-15(8-18)10(19)9(12(21)23-4)11(20)17-16(15)5-6-16;1-12(2,3)20-11(19)16-7-13(8-16)9(17)6-10(18)15-14(13)4-5-14/h9H,5-8H2,1-4H3,(H,17,20);4-8H2,1-3H3,(H,15,18). The van der Waals surface area contributed by atoms with Gasteiger partial charge in [0, 0.05) is 26.2 Å². The molecule has 14 heteroatoms. The maximum atomic E-state index is 12.9. The van der Waals surface area contributed by atoms with Crippen LogP contribution in [0.15, 0.2) is 0 Å². The maximum absolute atomic E-state index is 12.9. The summed E-state index contributed by atoms with van der Waals surface area (Å²) in [5, 5.41) is 5.78. The molecule has 0 bridgehead atoms. The summed E-state index contributed by atoms with van der Waals surface area (Å²) in [5.74, 6) is -3.58. The summed E-state index contributed by atoms with van der Waals surface area (Å²) in [5.41, 5.74) is -3.69. The van der Waals surface area contributed by atoms with Gasteiger partial charge < -0.3 is 34.6 Å². The number of methoxy groups -OCH3 is 1. The molecule has 4 aliphatic heterocycles. The van der Waals surface area contributed by atoms with Crippen LogP contribution in [-0.2, 0) is 38.2 Å². The number of carbonyl (C=O) groups excluding carboxylic acids is 7. The topological polar surface area (TPSA) is 178 Å². The summed E-state index contributed by atoms with van der Waals surface area (Å²) in [7, 11) is 1.14. The Hall–Kier alpha value is -3.71. The zero-order valence-corrected chi connectivity index (χ0v) is 26.4. The fraction of sp³-hybridized carbons (Fsp3) is 0.767. The summed E-state index contributed by atoms with van der Waals surface area (Å²) in [6, 6.07) is 0. The van der Waals surface area contributed by atoms with Crippen LogP contribution in [-0.4, -0.2) is 107 Å². The Labute approximate surface area is 255 Å². The van der Waals surface area contributed by atoms with Gasteiger partial charge in [0.2, 0.25) is 11.8 Å². The summed E-state index contributed by atoms with van der Waals surface area (Å²) in [6.45, 7) is 11.8. The number of nitrogens with zero attached hydrogens (tertiary/aromatic N) is 2. The first-order chi connectivity index (χ1) is 20.2. The van der Waals surface area contributed by atoms with Crippen molar-refractivity contribution >= 4 is 41.5 Å². The van der Waals surface area contributed by atoms with Crippen LogP contribution in [0.3, 0.4) is 0 Å². The highest BCUT2D eigenvalue weighted by molar-refractivity contribution is 6.21. The van der Waals surface area contributed by atoms with Crippen molar-refractivity contribution in [1.29, 1.82) is 0 Å². The molecule has 2 aliphatic carbocycles. The second kappa shape index (κ2) is 9.90. The number of likely N-dealkylation sites (tertiary alicyclic amines) is 2. The molecule has 6 aliphatic rings. The fourth-order valence-electron chi connectivity index (χ4n) is 6.92. The smallest absolute Gasteiger partial charge is 0.410 e. The molecule has 0 radical (unpaired) electrons. The predicted molar refractivity (Wildman–Crippen MR) is 151 cm³/mol. The first kappa shape index (κ1) is 31.7. The third-order valence-corrected chi connectivity index (χ3v) is 9.51. The van der Waals surface area contributed by atoms with Gasteiger partial charge in [0.15, 0.2) is 17.5 Å². The van der Waals surface area contributed by atoms with Crippen LogP contribution in [0.5, 0.6) is 0 Å². The lowest BCUT2D eigenvalue weighted by atomic mass is 9.62. The average molecular weight is 619 g/mol. The Morgan fingerprint density at radius 2 is 1.16 bits per heavy atom. The van der Waals surface area contributed by atoms with Gasteiger partial charge in [-0.1, -0.05) is 0 Å². The molecule has 0 aromatic carbocycles. The number of esters is 1. The molecule has 1 unspecified atom stereocenters. The zero-order chi connectivity index (χ0) is 32.7. The first-order valence-corrected chi connectivity index (χ1v) is 15.0. The van der Waals surface area contributed by atoms with Crippen LogP contribution in [0.1, 0.15) is 73.6 Å². The molecule has 4 amide bonds. The van der Waals surface area contributed by atoms with E-state index in [1.54, 1.807) is 25.7 Å². The van der Waals surface area contributed by atoms with E-state index in [4.69, 9.17) is 9.47 Å². The van der Waals surface area contributed by atoms with E-state index >= 15 is 0 Å². The van der Waals surface area contributed by atoms with Gasteiger partial charge in [-0.05, 0) is 67.2 Å². The SMILES string of the molecule is CC(C)(C)OC(=O)N1CC2(C1)C(=O)CC(=O)NC21CC1.COC(=O)C1C(=O)NC2(CC2)C2(CN(C(=O)OC(C)(C)C)C2)C1=O. The number of hydrogen-bond acceptors (Lipinski definition) is 10. The van der Waals surface area contributed by atoms with Crippen LogP contribution in [0.4, 0.5) is 9.59 Å². The van der Waals surface area contributed by atoms with E-state index in [0.29, 0.717) is 25.9 Å². The molecular weight excluding hydrogens is 576 g/mol. The van der Waals surface area contributed by atoms with Gasteiger partial charge in [-0.15, -0.1) is 0 Å². The summed E-state index contributed by atoms with van der Waals surface area (Å²) < 4.78 is 15.2. The normalized spacial score (nSPS) is 26.5. The number of piperidine rings is 2. The van der Waals surface area contributed by atoms with Gasteiger partial charge in [-0.3, -0.25) is 24.0 Å². The minimum atomic E-state index is -1.46. The van der Waals surface area contributed by atoms with Crippen molar-refractivity contribution in [2.75, 3.05) is 33.3 Å². The number of Topliss-reactive ketones (excluding diaryl/α,β-unsaturated/α-hetero) is 2. The fourth-order valence-corrected chi connectivity index (χ4v) is 6.92. The number of ether oxygens (including phenoxy) is 3. The van der Waals surface area contributed by atoms with Gasteiger partial charge >= 0.3 is 18.2 Å². The second-order valence-corrected chi connectivity index (χ2v) is 15.0. The van der Waals surface area contributed by atoms with Crippen molar-refractivity contribution in [3.63, 3.8) is 0 Å². The molecule has 1 atom stereocenters. The van der Waals surface area contributed by atoms with E-state index in [-0.39, 0.29) is 37.3 Å². The molecule has 4 spiro atoms. The quantitative estimate of drug-likeness (QED) is 0.246. The molecule has 0 aromatic heterocycles. The minimum Gasteiger partial charge on any atom is -0.468 e. The van der Waals surface area contributed by atoms with E-state index in [0.717, 1.165) is 20.0 Å². The molecule has 2 N–H and O–H groups in total. The molecule has 6 fully saturated rings. The number of fused-ring (bicyclic) bond motifs is 2. The van der Waals surface area contributed by atoms with Gasteiger partial charge in [-0.25, -0.2) is 9.59 Å². The maximum Gasteiger partial charge on any atom is 0.410 e. The minimum absolute atomic E-state index is 0.0291. The Balaban J connectivity index is 0.000000177. The van der Waals surface area contributed by atoms with Crippen LogP contribution in [0, 0.1) is 16.7 Å². The molecule has 0 aromatic rings. The largest absolute Gasteiger partial charge is 0.468 e. The van der Waals surface area contributed by atoms with Gasteiger partial charge in [-0.2, -0.15) is 0 Å². The van der Waals surface area contributed by atoms with Crippen molar-refractivity contribution in [3.8, 4) is 0 Å². The zero-order valence-electron chi connectivity index (χ0n) is 26.4. The van der Waals surface area contributed by atoms with E-state index in [1.165, 1.54) is 4.90 Å². The van der Waals surface area contributed by atoms with Crippen LogP contribution in [0.2, 0.25) is 0 Å². The highest BCUT2D eigenvalue weighted by Crippen LogP contribution is 2.59. The highest BCUT2D eigenvalue weighted by atomic mass is 16.6. The van der Waals surface area contributed by atoms with E-state index < -0.39 is 62.8 Å². The number of hydrogen-bond donors (Lipinski definition) is 2. The van der Waals surface area contributed by atoms with Crippen molar-refractivity contribution in [1.82, 2.24) is 20.4 Å². The van der Waals surface area contributed by atoms with E-state index in [9.17, 15) is 33.6 Å². The van der Waals surface area contributed by atoms with Gasteiger partial charge in [0.1, 0.15) is 11.2 Å². The van der Waals surface area contributed by atoms with Crippen molar-refractivity contribution < 1.29 is 47.8 Å². The van der Waals surface area contributed by atoms with E-state index in [1.807, 2.05) is 20.8 Å². The second-order valence-electron chi connectivity index (χ2n) is 15.0. The molecule has 6 rings (SSSR count). The molecule has 4 saturated heterocycles. The third kappa shape index (κ3) is 5.09. The van der Waals surface area contributed by atoms with Crippen LogP contribution >= 0.6 is 0 Å². The molecular formula is C30H42N4O10. The van der Waals surface area contributed by atoms with E-state index in [2.05, 4.69) is 15.4 Å². The molecule has 44 heavy (non-hydrogen) atoms. The van der Waals surface area contributed by atoms with Gasteiger partial charge in [0.25, 0.3) is 0 Å². The highest BCUT2D eigenvalue weighted by Gasteiger charge is 2.74. The van der Waals surface area contributed by atoms with Crippen LogP contribution in [0.25, 0.3) is 0 Å². The van der Waals surface area contributed by atoms with Crippen molar-refractivity contribution in [3.05, 3.63) is 0 Å².